The summed E-state index contributed by atoms with van der Waals surface area (Å²) in [5.74, 6) is -0.353. The van der Waals surface area contributed by atoms with Gasteiger partial charge in [0, 0.05) is 31.2 Å². The highest BCUT2D eigenvalue weighted by molar-refractivity contribution is 7.90. The van der Waals surface area contributed by atoms with Crippen LogP contribution in [0, 0.1) is 5.92 Å². The van der Waals surface area contributed by atoms with Crippen LogP contribution in [-0.2, 0) is 26.2 Å². The molecule has 1 aromatic carbocycles. The molecule has 154 valence electrons. The van der Waals surface area contributed by atoms with E-state index in [0.29, 0.717) is 18.9 Å². The fourth-order valence-electron chi connectivity index (χ4n) is 3.85. The topological polar surface area (TPSA) is 95.6 Å². The predicted octanol–water partition coefficient (Wildman–Crippen LogP) is 1.93. The molecule has 0 atom stereocenters. The molecule has 0 aromatic heterocycles. The van der Waals surface area contributed by atoms with E-state index in [1.54, 1.807) is 4.90 Å². The second kappa shape index (κ2) is 9.05. The molecule has 7 nitrogen and oxygen atoms in total. The molecule has 2 aliphatic rings. The van der Waals surface area contributed by atoms with Crippen molar-refractivity contribution in [2.75, 3.05) is 17.2 Å². The number of sulfonamides is 1. The molecule has 0 unspecified atom stereocenters. The molecule has 0 spiro atoms. The number of nitrogens with one attached hydrogen (secondary N) is 2. The minimum atomic E-state index is -3.65. The van der Waals surface area contributed by atoms with Gasteiger partial charge in [-0.05, 0) is 55.7 Å². The number of nitrogens with zero attached hydrogens (tertiary/aromatic N) is 1. The minimum absolute atomic E-state index is 0.0660. The molecule has 1 saturated heterocycles. The molecule has 1 saturated carbocycles. The maximum atomic E-state index is 12.3. The number of benzene rings is 1. The highest BCUT2D eigenvalue weighted by Gasteiger charge is 2.25. The first-order chi connectivity index (χ1) is 13.3. The van der Waals surface area contributed by atoms with Gasteiger partial charge in [-0.25, -0.2) is 13.1 Å². The van der Waals surface area contributed by atoms with Crippen molar-refractivity contribution in [2.24, 2.45) is 5.92 Å². The van der Waals surface area contributed by atoms with Gasteiger partial charge in [0.05, 0.1) is 0 Å². The van der Waals surface area contributed by atoms with E-state index in [1.165, 1.54) is 0 Å². The van der Waals surface area contributed by atoms with Crippen molar-refractivity contribution in [3.05, 3.63) is 29.8 Å². The number of anilines is 1. The number of hydrogen-bond acceptors (Lipinski definition) is 4. The van der Waals surface area contributed by atoms with Gasteiger partial charge >= 0.3 is 0 Å². The summed E-state index contributed by atoms with van der Waals surface area (Å²) in [7, 11) is -3.65. The first-order valence-electron chi connectivity index (χ1n) is 9.98. The Balaban J connectivity index is 1.49. The third-order valence-corrected chi connectivity index (χ3v) is 6.80. The van der Waals surface area contributed by atoms with Crippen molar-refractivity contribution in [2.45, 2.75) is 58.0 Å². The van der Waals surface area contributed by atoms with Crippen molar-refractivity contribution in [3.63, 3.8) is 0 Å². The van der Waals surface area contributed by atoms with Crippen LogP contribution < -0.4 is 14.9 Å². The van der Waals surface area contributed by atoms with Crippen molar-refractivity contribution in [1.29, 1.82) is 0 Å². The maximum absolute atomic E-state index is 12.3. The molecule has 1 aromatic rings. The van der Waals surface area contributed by atoms with Crippen molar-refractivity contribution < 1.29 is 18.0 Å². The molecule has 0 bridgehead atoms. The normalized spacial score (nSPS) is 23.0. The van der Waals surface area contributed by atoms with Crippen LogP contribution in [0.4, 0.5) is 5.69 Å². The SMILES string of the molecule is CC1CCC(NS(=O)(=O)CC(=O)NCc2cccc(N3CCCC3=O)c2)CC1. The Labute approximate surface area is 166 Å². The van der Waals surface area contributed by atoms with E-state index in [-0.39, 0.29) is 18.5 Å². The summed E-state index contributed by atoms with van der Waals surface area (Å²) in [5.41, 5.74) is 1.65. The lowest BCUT2D eigenvalue weighted by Gasteiger charge is -2.26. The van der Waals surface area contributed by atoms with Crippen LogP contribution in [0.25, 0.3) is 0 Å². The standard InChI is InChI=1S/C20H29N3O4S/c1-15-7-9-17(10-8-15)22-28(26,27)14-19(24)21-13-16-4-2-5-18(12-16)23-11-3-6-20(23)25/h2,4-5,12,15,17,22H,3,6-11,13-14H2,1H3,(H,21,24). The lowest BCUT2D eigenvalue weighted by Crippen LogP contribution is -2.42. The molecular formula is C20H29N3O4S. The Morgan fingerprint density at radius 3 is 2.64 bits per heavy atom. The van der Waals surface area contributed by atoms with Gasteiger partial charge in [0.2, 0.25) is 21.8 Å². The third kappa shape index (κ3) is 5.78. The van der Waals surface area contributed by atoms with E-state index in [1.807, 2.05) is 24.3 Å². The average molecular weight is 408 g/mol. The van der Waals surface area contributed by atoms with Gasteiger partial charge in [-0.2, -0.15) is 0 Å². The van der Waals surface area contributed by atoms with E-state index in [0.717, 1.165) is 43.4 Å². The summed E-state index contributed by atoms with van der Waals surface area (Å²) < 4.78 is 27.2. The van der Waals surface area contributed by atoms with E-state index in [2.05, 4.69) is 17.0 Å². The van der Waals surface area contributed by atoms with Crippen molar-refractivity contribution in [1.82, 2.24) is 10.0 Å². The molecule has 1 heterocycles. The summed E-state index contributed by atoms with van der Waals surface area (Å²) in [6, 6.07) is 7.35. The number of rotatable bonds is 7. The van der Waals surface area contributed by atoms with Gasteiger partial charge in [0.15, 0.2) is 0 Å². The van der Waals surface area contributed by atoms with Gasteiger partial charge < -0.3 is 10.2 Å². The molecule has 28 heavy (non-hydrogen) atoms. The van der Waals surface area contributed by atoms with Gasteiger partial charge in [0.1, 0.15) is 5.75 Å². The van der Waals surface area contributed by atoms with E-state index >= 15 is 0 Å². The first kappa shape index (κ1) is 20.8. The highest BCUT2D eigenvalue weighted by Crippen LogP contribution is 2.24. The van der Waals surface area contributed by atoms with E-state index < -0.39 is 21.7 Å². The van der Waals surface area contributed by atoms with Gasteiger partial charge in [-0.1, -0.05) is 19.1 Å². The quantitative estimate of drug-likeness (QED) is 0.722. The molecule has 2 N–H and O–H groups in total. The van der Waals surface area contributed by atoms with Crippen molar-refractivity contribution in [3.8, 4) is 0 Å². The van der Waals surface area contributed by atoms with E-state index in [9.17, 15) is 18.0 Å². The Bertz CT molecular complexity index is 816. The lowest BCUT2D eigenvalue weighted by molar-refractivity contribution is -0.119. The number of carbonyl (C=O) groups is 2. The molecule has 2 fully saturated rings. The second-order valence-corrected chi connectivity index (χ2v) is 9.68. The minimum Gasteiger partial charge on any atom is -0.351 e. The number of carbonyl (C=O) groups excluding carboxylic acids is 2. The van der Waals surface area contributed by atoms with Gasteiger partial charge in [-0.3, -0.25) is 9.59 Å². The Morgan fingerprint density at radius 2 is 1.96 bits per heavy atom. The molecule has 1 aliphatic carbocycles. The zero-order valence-electron chi connectivity index (χ0n) is 16.3. The summed E-state index contributed by atoms with van der Waals surface area (Å²) >= 11 is 0. The van der Waals surface area contributed by atoms with Crippen LogP contribution in [0.5, 0.6) is 0 Å². The largest absolute Gasteiger partial charge is 0.351 e. The Morgan fingerprint density at radius 1 is 1.21 bits per heavy atom. The van der Waals surface area contributed by atoms with Crippen LogP contribution in [0.1, 0.15) is 51.0 Å². The van der Waals surface area contributed by atoms with Crippen LogP contribution >= 0.6 is 0 Å². The molecular weight excluding hydrogens is 378 g/mol. The van der Waals surface area contributed by atoms with Gasteiger partial charge in [-0.15, -0.1) is 0 Å². The van der Waals surface area contributed by atoms with Crippen LogP contribution in [0.2, 0.25) is 0 Å². The smallest absolute Gasteiger partial charge is 0.236 e. The summed E-state index contributed by atoms with van der Waals surface area (Å²) in [6.45, 7) is 3.11. The number of hydrogen-bond donors (Lipinski definition) is 2. The first-order valence-corrected chi connectivity index (χ1v) is 11.6. The van der Waals surface area contributed by atoms with Crippen LogP contribution in [0.3, 0.4) is 0 Å². The zero-order valence-corrected chi connectivity index (χ0v) is 17.1. The second-order valence-electron chi connectivity index (χ2n) is 7.93. The average Bonchev–Trinajstić information content (AvgIpc) is 3.07. The maximum Gasteiger partial charge on any atom is 0.236 e. The monoisotopic (exact) mass is 407 g/mol. The molecule has 2 amide bonds. The predicted molar refractivity (Wildman–Crippen MR) is 108 cm³/mol. The molecule has 3 rings (SSSR count). The summed E-state index contributed by atoms with van der Waals surface area (Å²) in [5, 5.41) is 2.67. The van der Waals surface area contributed by atoms with Crippen molar-refractivity contribution >= 4 is 27.5 Å². The molecule has 8 heteroatoms. The Hall–Kier alpha value is -1.93. The fraction of sp³-hybridized carbons (Fsp3) is 0.600. The molecule has 0 radical (unpaired) electrons. The Kier molecular flexibility index (Phi) is 6.72. The molecule has 1 aliphatic heterocycles. The summed E-state index contributed by atoms with van der Waals surface area (Å²) in [6.07, 6.45) is 5.08. The summed E-state index contributed by atoms with van der Waals surface area (Å²) in [4.78, 5) is 25.7. The lowest BCUT2D eigenvalue weighted by atomic mass is 9.88. The van der Waals surface area contributed by atoms with Crippen LogP contribution in [0.15, 0.2) is 24.3 Å². The van der Waals surface area contributed by atoms with Gasteiger partial charge in [0.25, 0.3) is 0 Å². The zero-order chi connectivity index (χ0) is 20.1. The third-order valence-electron chi connectivity index (χ3n) is 5.47. The number of amides is 2. The fourth-order valence-corrected chi connectivity index (χ4v) is 5.13. The van der Waals surface area contributed by atoms with E-state index in [4.69, 9.17) is 0 Å². The van der Waals surface area contributed by atoms with Crippen LogP contribution in [-0.4, -0.2) is 38.6 Å². The highest BCUT2D eigenvalue weighted by atomic mass is 32.2.